The largest absolute Gasteiger partial charge is 0.483 e. The minimum absolute atomic E-state index is 0.0570. The van der Waals surface area contributed by atoms with Crippen LogP contribution < -0.4 is 15.4 Å². The van der Waals surface area contributed by atoms with Crippen LogP contribution in [0.25, 0.3) is 0 Å². The lowest BCUT2D eigenvalue weighted by Crippen LogP contribution is -2.25. The summed E-state index contributed by atoms with van der Waals surface area (Å²) in [6.45, 7) is 0.504. The first-order valence-corrected chi connectivity index (χ1v) is 6.04. The predicted octanol–water partition coefficient (Wildman–Crippen LogP) is 1.20. The van der Waals surface area contributed by atoms with Gasteiger partial charge in [0.25, 0.3) is 5.91 Å². The standard InChI is InChI=1S/C13H17FN2O2/c1-15-13(17)8-18-12-5-2-10(14)6-9(12)7-16-11-3-4-11/h2,5-6,11,16H,3-4,7-8H2,1H3,(H,15,17). The van der Waals surface area contributed by atoms with Crippen molar-refractivity contribution in [3.63, 3.8) is 0 Å². The van der Waals surface area contributed by atoms with Gasteiger partial charge in [0.15, 0.2) is 6.61 Å². The van der Waals surface area contributed by atoms with E-state index in [0.717, 1.165) is 5.56 Å². The van der Waals surface area contributed by atoms with Crippen LogP contribution in [0, 0.1) is 5.82 Å². The summed E-state index contributed by atoms with van der Waals surface area (Å²) >= 11 is 0. The van der Waals surface area contributed by atoms with Gasteiger partial charge in [0, 0.05) is 25.2 Å². The van der Waals surface area contributed by atoms with Crippen molar-refractivity contribution in [3.8, 4) is 5.75 Å². The van der Waals surface area contributed by atoms with E-state index in [1.807, 2.05) is 0 Å². The van der Waals surface area contributed by atoms with Gasteiger partial charge in [-0.2, -0.15) is 0 Å². The van der Waals surface area contributed by atoms with Crippen molar-refractivity contribution in [2.24, 2.45) is 0 Å². The normalized spacial score (nSPS) is 14.3. The van der Waals surface area contributed by atoms with Crippen molar-refractivity contribution >= 4 is 5.91 Å². The number of carbonyl (C=O) groups excluding carboxylic acids is 1. The molecular weight excluding hydrogens is 235 g/mol. The van der Waals surface area contributed by atoms with Gasteiger partial charge in [0.05, 0.1) is 0 Å². The lowest BCUT2D eigenvalue weighted by Gasteiger charge is -2.11. The first-order chi connectivity index (χ1) is 8.69. The zero-order valence-corrected chi connectivity index (χ0v) is 10.3. The van der Waals surface area contributed by atoms with E-state index < -0.39 is 0 Å². The van der Waals surface area contributed by atoms with Crippen molar-refractivity contribution in [3.05, 3.63) is 29.6 Å². The van der Waals surface area contributed by atoms with Gasteiger partial charge in [-0.25, -0.2) is 4.39 Å². The third-order valence-corrected chi connectivity index (χ3v) is 2.82. The monoisotopic (exact) mass is 252 g/mol. The fourth-order valence-electron chi connectivity index (χ4n) is 1.58. The maximum absolute atomic E-state index is 13.2. The zero-order chi connectivity index (χ0) is 13.0. The van der Waals surface area contributed by atoms with Crippen molar-refractivity contribution in [1.29, 1.82) is 0 Å². The molecule has 1 aromatic rings. The lowest BCUT2D eigenvalue weighted by molar-refractivity contribution is -0.122. The summed E-state index contributed by atoms with van der Waals surface area (Å²) in [6.07, 6.45) is 2.34. The van der Waals surface area contributed by atoms with Gasteiger partial charge in [-0.05, 0) is 31.0 Å². The summed E-state index contributed by atoms with van der Waals surface area (Å²) < 4.78 is 18.6. The lowest BCUT2D eigenvalue weighted by atomic mass is 10.2. The van der Waals surface area contributed by atoms with Crippen molar-refractivity contribution < 1.29 is 13.9 Å². The number of nitrogens with one attached hydrogen (secondary N) is 2. The molecule has 0 unspecified atom stereocenters. The number of halogens is 1. The maximum atomic E-state index is 13.2. The Kier molecular flexibility index (Phi) is 4.15. The fraction of sp³-hybridized carbons (Fsp3) is 0.462. The van der Waals surface area contributed by atoms with E-state index in [1.54, 1.807) is 13.1 Å². The molecule has 1 fully saturated rings. The van der Waals surface area contributed by atoms with Crippen molar-refractivity contribution in [2.75, 3.05) is 13.7 Å². The van der Waals surface area contributed by atoms with Crippen LogP contribution in [0.2, 0.25) is 0 Å². The molecule has 0 aromatic heterocycles. The molecule has 0 radical (unpaired) electrons. The Morgan fingerprint density at radius 3 is 2.94 bits per heavy atom. The molecule has 18 heavy (non-hydrogen) atoms. The number of amides is 1. The maximum Gasteiger partial charge on any atom is 0.257 e. The van der Waals surface area contributed by atoms with E-state index in [4.69, 9.17) is 4.74 Å². The summed E-state index contributed by atoms with van der Waals surface area (Å²) in [5, 5.41) is 5.77. The van der Waals surface area contributed by atoms with Crippen LogP contribution in [0.3, 0.4) is 0 Å². The molecule has 1 saturated carbocycles. The van der Waals surface area contributed by atoms with E-state index in [2.05, 4.69) is 10.6 Å². The minimum Gasteiger partial charge on any atom is -0.483 e. The first kappa shape index (κ1) is 12.8. The molecule has 1 aliphatic carbocycles. The molecule has 1 aromatic carbocycles. The Bertz CT molecular complexity index is 433. The molecule has 98 valence electrons. The number of benzene rings is 1. The van der Waals surface area contributed by atoms with Crippen LogP contribution >= 0.6 is 0 Å². The summed E-state index contributed by atoms with van der Waals surface area (Å²) in [4.78, 5) is 11.1. The summed E-state index contributed by atoms with van der Waals surface area (Å²) in [5.74, 6) is 0.0449. The topological polar surface area (TPSA) is 50.4 Å². The second kappa shape index (κ2) is 5.82. The van der Waals surface area contributed by atoms with Gasteiger partial charge in [-0.3, -0.25) is 4.79 Å². The third kappa shape index (κ3) is 3.70. The molecule has 1 amide bonds. The summed E-state index contributed by atoms with van der Waals surface area (Å²) in [6, 6.07) is 4.87. The number of hydrogen-bond acceptors (Lipinski definition) is 3. The second-order valence-electron chi connectivity index (χ2n) is 4.37. The van der Waals surface area contributed by atoms with Gasteiger partial charge in [-0.15, -0.1) is 0 Å². The number of carbonyl (C=O) groups is 1. The first-order valence-electron chi connectivity index (χ1n) is 6.04. The molecule has 4 nitrogen and oxygen atoms in total. The van der Waals surface area contributed by atoms with Crippen LogP contribution in [0.5, 0.6) is 5.75 Å². The average Bonchev–Trinajstić information content (AvgIpc) is 3.18. The quantitative estimate of drug-likeness (QED) is 0.800. The van der Waals surface area contributed by atoms with Crippen LogP contribution in [0.15, 0.2) is 18.2 Å². The van der Waals surface area contributed by atoms with Gasteiger partial charge in [-0.1, -0.05) is 0 Å². The molecule has 0 atom stereocenters. The van der Waals surface area contributed by atoms with Crippen molar-refractivity contribution in [2.45, 2.75) is 25.4 Å². The minimum atomic E-state index is -0.296. The molecule has 0 spiro atoms. The third-order valence-electron chi connectivity index (χ3n) is 2.82. The molecule has 2 rings (SSSR count). The van der Waals surface area contributed by atoms with Gasteiger partial charge >= 0.3 is 0 Å². The highest BCUT2D eigenvalue weighted by Crippen LogP contribution is 2.23. The molecule has 0 aliphatic heterocycles. The number of rotatable bonds is 6. The molecule has 0 saturated heterocycles. The summed E-state index contributed by atoms with van der Waals surface area (Å²) in [7, 11) is 1.55. The van der Waals surface area contributed by atoms with Crippen LogP contribution in [-0.2, 0) is 11.3 Å². The Balaban J connectivity index is 1.99. The highest BCUT2D eigenvalue weighted by molar-refractivity contribution is 5.77. The van der Waals surface area contributed by atoms with E-state index in [-0.39, 0.29) is 18.3 Å². The molecule has 0 bridgehead atoms. The highest BCUT2D eigenvalue weighted by Gasteiger charge is 2.20. The highest BCUT2D eigenvalue weighted by atomic mass is 19.1. The Labute approximate surface area is 106 Å². The van der Waals surface area contributed by atoms with Crippen LogP contribution in [0.4, 0.5) is 4.39 Å². The van der Waals surface area contributed by atoms with Gasteiger partial charge in [0.1, 0.15) is 11.6 Å². The van der Waals surface area contributed by atoms with Crippen LogP contribution in [-0.4, -0.2) is 25.6 Å². The average molecular weight is 252 g/mol. The van der Waals surface area contributed by atoms with Gasteiger partial charge < -0.3 is 15.4 Å². The molecular formula is C13H17FN2O2. The molecule has 5 heteroatoms. The zero-order valence-electron chi connectivity index (χ0n) is 10.3. The molecule has 2 N–H and O–H groups in total. The number of likely N-dealkylation sites (N-methyl/N-ethyl adjacent to an activating group) is 1. The van der Waals surface area contributed by atoms with E-state index in [9.17, 15) is 9.18 Å². The fourth-order valence-corrected chi connectivity index (χ4v) is 1.58. The van der Waals surface area contributed by atoms with E-state index in [1.165, 1.54) is 25.0 Å². The number of ether oxygens (including phenoxy) is 1. The van der Waals surface area contributed by atoms with Crippen molar-refractivity contribution in [1.82, 2.24) is 10.6 Å². The Hall–Kier alpha value is -1.62. The second-order valence-corrected chi connectivity index (χ2v) is 4.37. The smallest absolute Gasteiger partial charge is 0.257 e. The van der Waals surface area contributed by atoms with E-state index in [0.29, 0.717) is 18.3 Å². The predicted molar refractivity (Wildman–Crippen MR) is 65.8 cm³/mol. The molecule has 0 heterocycles. The number of hydrogen-bond donors (Lipinski definition) is 2. The molecule has 1 aliphatic rings. The Morgan fingerprint density at radius 1 is 1.50 bits per heavy atom. The Morgan fingerprint density at radius 2 is 2.28 bits per heavy atom. The van der Waals surface area contributed by atoms with Gasteiger partial charge in [0.2, 0.25) is 0 Å². The van der Waals surface area contributed by atoms with Crippen LogP contribution in [0.1, 0.15) is 18.4 Å². The summed E-state index contributed by atoms with van der Waals surface area (Å²) in [5.41, 5.74) is 0.741. The SMILES string of the molecule is CNC(=O)COc1ccc(F)cc1CNC1CC1. The van der Waals surface area contributed by atoms with E-state index >= 15 is 0 Å².